The maximum Gasteiger partial charge on any atom is 0.417 e. The molecule has 0 aromatic heterocycles. The van der Waals surface area contributed by atoms with Gasteiger partial charge < -0.3 is 10.1 Å². The van der Waals surface area contributed by atoms with Crippen molar-refractivity contribution in [3.8, 4) is 0 Å². The third-order valence-corrected chi connectivity index (χ3v) is 2.95. The predicted molar refractivity (Wildman–Crippen MR) is 58.0 cm³/mol. The Labute approximate surface area is 102 Å². The Bertz CT molecular complexity index is 402. The number of ether oxygens (including phenoxy) is 1. The fraction of sp³-hybridized carbons (Fsp3) is 0.455. The van der Waals surface area contributed by atoms with Crippen molar-refractivity contribution >= 4 is 11.6 Å². The zero-order valence-electron chi connectivity index (χ0n) is 8.85. The van der Waals surface area contributed by atoms with E-state index >= 15 is 0 Å². The second kappa shape index (κ2) is 4.84. The minimum atomic E-state index is -4.43. The molecule has 0 radical (unpaired) electrons. The molecule has 0 saturated carbocycles. The molecule has 1 atom stereocenters. The average Bonchev–Trinajstić information content (AvgIpc) is 2.29. The average molecular weight is 266 g/mol. The van der Waals surface area contributed by atoms with Crippen LogP contribution >= 0.6 is 11.6 Å². The van der Waals surface area contributed by atoms with Crippen LogP contribution in [0.2, 0.25) is 5.02 Å². The van der Waals surface area contributed by atoms with E-state index in [9.17, 15) is 13.2 Å². The molecule has 1 heterocycles. The summed E-state index contributed by atoms with van der Waals surface area (Å²) in [5, 5.41) is 2.82. The number of nitrogens with one attached hydrogen (secondary N) is 1. The number of halogens is 4. The fourth-order valence-corrected chi connectivity index (χ4v) is 1.98. The second-order valence-electron chi connectivity index (χ2n) is 3.82. The molecule has 94 valence electrons. The summed E-state index contributed by atoms with van der Waals surface area (Å²) in [6, 6.07) is 3.73. The van der Waals surface area contributed by atoms with Gasteiger partial charge in [-0.1, -0.05) is 17.7 Å². The Morgan fingerprint density at radius 1 is 1.35 bits per heavy atom. The minimum Gasteiger partial charge on any atom is -0.378 e. The summed E-state index contributed by atoms with van der Waals surface area (Å²) in [7, 11) is 0. The van der Waals surface area contributed by atoms with Crippen molar-refractivity contribution in [2.24, 2.45) is 0 Å². The first-order valence-corrected chi connectivity index (χ1v) is 5.54. The van der Waals surface area contributed by atoms with Crippen molar-refractivity contribution in [3.05, 3.63) is 34.3 Å². The topological polar surface area (TPSA) is 21.3 Å². The lowest BCUT2D eigenvalue weighted by atomic mass is 10.0. The van der Waals surface area contributed by atoms with Gasteiger partial charge >= 0.3 is 6.18 Å². The van der Waals surface area contributed by atoms with Crippen LogP contribution in [0.3, 0.4) is 0 Å². The standard InChI is InChI=1S/C11H11ClF3NO/c12-9-2-1-7(5-8(9)11(13,14)15)10-6-17-4-3-16-10/h1-2,5,10,16H,3-4,6H2. The molecule has 2 rings (SSSR count). The van der Waals surface area contributed by atoms with Crippen LogP contribution in [0.15, 0.2) is 18.2 Å². The molecule has 17 heavy (non-hydrogen) atoms. The molecule has 1 unspecified atom stereocenters. The fourth-order valence-electron chi connectivity index (χ4n) is 1.76. The zero-order chi connectivity index (χ0) is 12.5. The Kier molecular flexibility index (Phi) is 3.61. The van der Waals surface area contributed by atoms with Crippen LogP contribution < -0.4 is 5.32 Å². The van der Waals surface area contributed by atoms with Gasteiger partial charge in [0, 0.05) is 6.54 Å². The molecule has 6 heteroatoms. The van der Waals surface area contributed by atoms with E-state index in [1.807, 2.05) is 0 Å². The van der Waals surface area contributed by atoms with Crippen LogP contribution in [0.4, 0.5) is 13.2 Å². The van der Waals surface area contributed by atoms with E-state index in [4.69, 9.17) is 16.3 Å². The monoisotopic (exact) mass is 265 g/mol. The molecular weight excluding hydrogens is 255 g/mol. The smallest absolute Gasteiger partial charge is 0.378 e. The van der Waals surface area contributed by atoms with Crippen LogP contribution in [0.5, 0.6) is 0 Å². The SMILES string of the molecule is FC(F)(F)c1cc(C2COCCN2)ccc1Cl. The first-order valence-electron chi connectivity index (χ1n) is 5.16. The maximum atomic E-state index is 12.7. The van der Waals surface area contributed by atoms with Gasteiger partial charge in [0.2, 0.25) is 0 Å². The Morgan fingerprint density at radius 3 is 2.71 bits per heavy atom. The van der Waals surface area contributed by atoms with Crippen LogP contribution in [0, 0.1) is 0 Å². The van der Waals surface area contributed by atoms with E-state index in [1.165, 1.54) is 6.07 Å². The molecule has 0 aliphatic carbocycles. The highest BCUT2D eigenvalue weighted by molar-refractivity contribution is 6.31. The second-order valence-corrected chi connectivity index (χ2v) is 4.23. The first-order chi connectivity index (χ1) is 7.98. The quantitative estimate of drug-likeness (QED) is 0.843. The molecule has 1 N–H and O–H groups in total. The van der Waals surface area contributed by atoms with Crippen LogP contribution in [0.1, 0.15) is 17.2 Å². The van der Waals surface area contributed by atoms with E-state index in [1.54, 1.807) is 6.07 Å². The number of alkyl halides is 3. The molecule has 1 saturated heterocycles. The highest BCUT2D eigenvalue weighted by atomic mass is 35.5. The minimum absolute atomic E-state index is 0.206. The van der Waals surface area contributed by atoms with Crippen molar-refractivity contribution < 1.29 is 17.9 Å². The molecular formula is C11H11ClF3NO. The molecule has 1 aliphatic rings. The Balaban J connectivity index is 2.30. The molecule has 1 aromatic rings. The highest BCUT2D eigenvalue weighted by Crippen LogP contribution is 2.36. The van der Waals surface area contributed by atoms with Gasteiger partial charge in [-0.2, -0.15) is 13.2 Å². The molecule has 0 amide bonds. The zero-order valence-corrected chi connectivity index (χ0v) is 9.61. The lowest BCUT2D eigenvalue weighted by molar-refractivity contribution is -0.137. The summed E-state index contributed by atoms with van der Waals surface area (Å²) >= 11 is 5.55. The molecule has 2 nitrogen and oxygen atoms in total. The molecule has 1 aliphatic heterocycles. The lowest BCUT2D eigenvalue weighted by Crippen LogP contribution is -2.34. The number of benzene rings is 1. The molecule has 0 spiro atoms. The number of hydrogen-bond donors (Lipinski definition) is 1. The summed E-state index contributed by atoms with van der Waals surface area (Å²) in [6.45, 7) is 1.59. The van der Waals surface area contributed by atoms with Gasteiger partial charge in [0.1, 0.15) is 0 Å². The summed E-state index contributed by atoms with van der Waals surface area (Å²) in [4.78, 5) is 0. The third-order valence-electron chi connectivity index (χ3n) is 2.62. The third kappa shape index (κ3) is 2.91. The lowest BCUT2D eigenvalue weighted by Gasteiger charge is -2.25. The van der Waals surface area contributed by atoms with Gasteiger partial charge in [0.25, 0.3) is 0 Å². The van der Waals surface area contributed by atoms with Crippen LogP contribution in [0.25, 0.3) is 0 Å². The maximum absolute atomic E-state index is 12.7. The van der Waals surface area contributed by atoms with Gasteiger partial charge in [0.15, 0.2) is 0 Å². The van der Waals surface area contributed by atoms with Gasteiger partial charge in [-0.25, -0.2) is 0 Å². The van der Waals surface area contributed by atoms with Crippen molar-refractivity contribution in [3.63, 3.8) is 0 Å². The number of morpholine rings is 1. The van der Waals surface area contributed by atoms with E-state index < -0.39 is 11.7 Å². The van der Waals surface area contributed by atoms with Crippen molar-refractivity contribution in [2.45, 2.75) is 12.2 Å². The molecule has 1 fully saturated rings. The summed E-state index contributed by atoms with van der Waals surface area (Å²) in [6.07, 6.45) is -4.43. The van der Waals surface area contributed by atoms with E-state index in [0.717, 1.165) is 6.07 Å². The van der Waals surface area contributed by atoms with Crippen molar-refractivity contribution in [2.75, 3.05) is 19.8 Å². The summed E-state index contributed by atoms with van der Waals surface area (Å²) < 4.78 is 43.2. The Hall–Kier alpha value is -0.780. The van der Waals surface area contributed by atoms with Crippen LogP contribution in [-0.4, -0.2) is 19.8 Å². The van der Waals surface area contributed by atoms with Crippen LogP contribution in [-0.2, 0) is 10.9 Å². The number of rotatable bonds is 1. The molecule has 1 aromatic carbocycles. The highest BCUT2D eigenvalue weighted by Gasteiger charge is 2.34. The normalized spacial score (nSPS) is 21.5. The Morgan fingerprint density at radius 2 is 2.12 bits per heavy atom. The van der Waals surface area contributed by atoms with Gasteiger partial charge in [-0.3, -0.25) is 0 Å². The van der Waals surface area contributed by atoms with E-state index in [0.29, 0.717) is 25.3 Å². The summed E-state index contributed by atoms with van der Waals surface area (Å²) in [5.41, 5.74) is -0.259. The predicted octanol–water partition coefficient (Wildman–Crippen LogP) is 3.02. The number of hydrogen-bond acceptors (Lipinski definition) is 2. The van der Waals surface area contributed by atoms with Gasteiger partial charge in [0.05, 0.1) is 29.8 Å². The van der Waals surface area contributed by atoms with Gasteiger partial charge in [-0.05, 0) is 17.7 Å². The van der Waals surface area contributed by atoms with Crippen molar-refractivity contribution in [1.82, 2.24) is 5.32 Å². The first kappa shape index (κ1) is 12.7. The molecule has 0 bridgehead atoms. The van der Waals surface area contributed by atoms with Gasteiger partial charge in [-0.15, -0.1) is 0 Å². The largest absolute Gasteiger partial charge is 0.417 e. The van der Waals surface area contributed by atoms with E-state index in [-0.39, 0.29) is 11.1 Å². The van der Waals surface area contributed by atoms with E-state index in [2.05, 4.69) is 5.32 Å². The van der Waals surface area contributed by atoms with Crippen molar-refractivity contribution in [1.29, 1.82) is 0 Å². The summed E-state index contributed by atoms with van der Waals surface area (Å²) in [5.74, 6) is 0.